The minimum absolute atomic E-state index is 0.185. The summed E-state index contributed by atoms with van der Waals surface area (Å²) in [7, 11) is 0. The Morgan fingerprint density at radius 2 is 1.75 bits per heavy atom. The Hall–Kier alpha value is -2.18. The lowest BCUT2D eigenvalue weighted by Gasteiger charge is -2.35. The Kier molecular flexibility index (Phi) is 7.62. The van der Waals surface area contributed by atoms with Crippen LogP contribution in [0.1, 0.15) is 30.5 Å². The first-order valence-corrected chi connectivity index (χ1v) is 9.83. The molecule has 0 aromatic heterocycles. The van der Waals surface area contributed by atoms with E-state index in [0.717, 1.165) is 37.3 Å². The lowest BCUT2D eigenvalue weighted by Crippen LogP contribution is -2.45. The van der Waals surface area contributed by atoms with Gasteiger partial charge in [0.2, 0.25) is 6.43 Å². The average Bonchev–Trinajstić information content (AvgIpc) is 2.72. The van der Waals surface area contributed by atoms with Crippen LogP contribution in [0, 0.1) is 0 Å². The van der Waals surface area contributed by atoms with Crippen LogP contribution in [0.15, 0.2) is 48.5 Å². The molecule has 1 aliphatic rings. The second-order valence-electron chi connectivity index (χ2n) is 6.84. The van der Waals surface area contributed by atoms with Crippen molar-refractivity contribution >= 4 is 0 Å². The van der Waals surface area contributed by atoms with E-state index in [2.05, 4.69) is 10.2 Å². The number of ether oxygens (including phenoxy) is 2. The fourth-order valence-electron chi connectivity index (χ4n) is 3.51. The zero-order valence-electron chi connectivity index (χ0n) is 16.2. The highest BCUT2D eigenvalue weighted by Gasteiger charge is 2.26. The smallest absolute Gasteiger partial charge is 0.240 e. The Balaban J connectivity index is 1.80. The van der Waals surface area contributed by atoms with E-state index < -0.39 is 6.43 Å². The molecule has 152 valence electrons. The molecule has 4 nitrogen and oxygen atoms in total. The molecule has 28 heavy (non-hydrogen) atoms. The molecule has 0 spiro atoms. The van der Waals surface area contributed by atoms with Gasteiger partial charge in [0.15, 0.2) is 11.5 Å². The highest BCUT2D eigenvalue weighted by Crippen LogP contribution is 2.35. The van der Waals surface area contributed by atoms with E-state index in [9.17, 15) is 8.78 Å². The number of nitrogens with one attached hydrogen (secondary N) is 1. The molecule has 1 aliphatic heterocycles. The van der Waals surface area contributed by atoms with Crippen molar-refractivity contribution in [2.75, 3.05) is 32.8 Å². The van der Waals surface area contributed by atoms with Crippen molar-refractivity contribution in [2.45, 2.75) is 32.4 Å². The molecule has 1 saturated heterocycles. The van der Waals surface area contributed by atoms with Gasteiger partial charge in [-0.25, -0.2) is 8.78 Å². The summed E-state index contributed by atoms with van der Waals surface area (Å²) in [6.45, 7) is 5.96. The Morgan fingerprint density at radius 1 is 1.00 bits per heavy atom. The van der Waals surface area contributed by atoms with Crippen LogP contribution in [0.2, 0.25) is 0 Å². The van der Waals surface area contributed by atoms with Gasteiger partial charge in [-0.05, 0) is 30.2 Å². The molecule has 2 aromatic carbocycles. The zero-order chi connectivity index (χ0) is 19.8. The molecule has 1 heterocycles. The van der Waals surface area contributed by atoms with Gasteiger partial charge < -0.3 is 14.8 Å². The topological polar surface area (TPSA) is 33.7 Å². The maximum Gasteiger partial charge on any atom is 0.240 e. The molecule has 1 fully saturated rings. The summed E-state index contributed by atoms with van der Waals surface area (Å²) in [6.07, 6.45) is -2.54. The van der Waals surface area contributed by atoms with Gasteiger partial charge in [-0.2, -0.15) is 0 Å². The minimum atomic E-state index is -2.36. The number of rotatable bonds is 9. The number of hydrogen-bond acceptors (Lipinski definition) is 4. The van der Waals surface area contributed by atoms with E-state index in [1.165, 1.54) is 0 Å². The Morgan fingerprint density at radius 3 is 2.43 bits per heavy atom. The van der Waals surface area contributed by atoms with Crippen molar-refractivity contribution in [1.82, 2.24) is 10.2 Å². The fraction of sp³-hybridized carbons (Fsp3) is 0.455. The van der Waals surface area contributed by atoms with Gasteiger partial charge in [0.25, 0.3) is 0 Å². The summed E-state index contributed by atoms with van der Waals surface area (Å²) in [5, 5.41) is 3.27. The van der Waals surface area contributed by atoms with Gasteiger partial charge in [0.05, 0.1) is 6.61 Å². The summed E-state index contributed by atoms with van der Waals surface area (Å²) in [4.78, 5) is 2.12. The summed E-state index contributed by atoms with van der Waals surface area (Å²) in [6, 6.07) is 15.1. The predicted molar refractivity (Wildman–Crippen MR) is 106 cm³/mol. The first-order valence-electron chi connectivity index (χ1n) is 9.83. The van der Waals surface area contributed by atoms with Crippen LogP contribution in [0.4, 0.5) is 8.78 Å². The summed E-state index contributed by atoms with van der Waals surface area (Å²) in [5.74, 6) is 1.23. The van der Waals surface area contributed by atoms with Crippen molar-refractivity contribution in [3.63, 3.8) is 0 Å². The third kappa shape index (κ3) is 5.66. The normalized spacial score (nSPS) is 16.1. The summed E-state index contributed by atoms with van der Waals surface area (Å²) in [5.41, 5.74) is 1.91. The van der Waals surface area contributed by atoms with Crippen molar-refractivity contribution in [3.8, 4) is 11.5 Å². The van der Waals surface area contributed by atoms with Crippen LogP contribution in [0.3, 0.4) is 0 Å². The van der Waals surface area contributed by atoms with E-state index in [-0.39, 0.29) is 12.5 Å². The monoisotopic (exact) mass is 390 g/mol. The first kappa shape index (κ1) is 20.6. The van der Waals surface area contributed by atoms with E-state index in [1.54, 1.807) is 0 Å². The van der Waals surface area contributed by atoms with Crippen LogP contribution in [-0.4, -0.2) is 44.1 Å². The van der Waals surface area contributed by atoms with Crippen LogP contribution < -0.4 is 14.8 Å². The van der Waals surface area contributed by atoms with E-state index in [4.69, 9.17) is 9.47 Å². The van der Waals surface area contributed by atoms with E-state index in [0.29, 0.717) is 24.7 Å². The van der Waals surface area contributed by atoms with Crippen LogP contribution in [-0.2, 0) is 6.61 Å². The Bertz CT molecular complexity index is 722. The van der Waals surface area contributed by atoms with Crippen molar-refractivity contribution in [2.24, 2.45) is 0 Å². The molecular formula is C22H28F2N2O2. The molecule has 0 radical (unpaired) electrons. The summed E-state index contributed by atoms with van der Waals surface area (Å²) >= 11 is 0. The van der Waals surface area contributed by atoms with Gasteiger partial charge >= 0.3 is 0 Å². The lowest BCUT2D eigenvalue weighted by molar-refractivity contribution is 0.0737. The third-order valence-corrected chi connectivity index (χ3v) is 4.88. The number of benzene rings is 2. The Labute approximate surface area is 165 Å². The largest absolute Gasteiger partial charge is 0.490 e. The molecule has 0 amide bonds. The molecule has 6 heteroatoms. The zero-order valence-corrected chi connectivity index (χ0v) is 16.2. The lowest BCUT2D eigenvalue weighted by atomic mass is 10.0. The first-order chi connectivity index (χ1) is 13.7. The van der Waals surface area contributed by atoms with Crippen LogP contribution in [0.5, 0.6) is 11.5 Å². The summed E-state index contributed by atoms with van der Waals surface area (Å²) < 4.78 is 38.2. The number of alkyl halides is 2. The molecule has 2 aromatic rings. The molecule has 1 atom stereocenters. The van der Waals surface area contributed by atoms with Crippen LogP contribution >= 0.6 is 0 Å². The van der Waals surface area contributed by atoms with Gasteiger partial charge in [-0.15, -0.1) is 0 Å². The quantitative estimate of drug-likeness (QED) is 0.694. The van der Waals surface area contributed by atoms with Gasteiger partial charge in [0.1, 0.15) is 6.61 Å². The minimum Gasteiger partial charge on any atom is -0.490 e. The SMILES string of the molecule is CCOc1cc([C@@H](CC(F)F)N2CCNCC2)ccc1OCc1ccccc1. The molecule has 0 saturated carbocycles. The molecule has 1 N–H and O–H groups in total. The predicted octanol–water partition coefficient (Wildman–Crippen LogP) is 4.27. The molecule has 0 aliphatic carbocycles. The number of nitrogens with zero attached hydrogens (tertiary/aromatic N) is 1. The maximum absolute atomic E-state index is 13.3. The second-order valence-corrected chi connectivity index (χ2v) is 6.84. The maximum atomic E-state index is 13.3. The van der Waals surface area contributed by atoms with Gasteiger partial charge in [-0.1, -0.05) is 36.4 Å². The molecular weight excluding hydrogens is 362 g/mol. The highest BCUT2D eigenvalue weighted by molar-refractivity contribution is 5.44. The molecule has 0 bridgehead atoms. The van der Waals surface area contributed by atoms with E-state index >= 15 is 0 Å². The van der Waals surface area contributed by atoms with Crippen molar-refractivity contribution < 1.29 is 18.3 Å². The average molecular weight is 390 g/mol. The van der Waals surface area contributed by atoms with Crippen molar-refractivity contribution in [1.29, 1.82) is 0 Å². The van der Waals surface area contributed by atoms with Gasteiger partial charge in [-0.3, -0.25) is 4.90 Å². The second kappa shape index (κ2) is 10.4. The van der Waals surface area contributed by atoms with Gasteiger partial charge in [0, 0.05) is 38.6 Å². The third-order valence-electron chi connectivity index (χ3n) is 4.88. The standard InChI is InChI=1S/C22H28F2N2O2/c1-2-27-21-14-18(19(15-22(23)24)26-12-10-25-11-13-26)8-9-20(21)28-16-17-6-4-3-5-7-17/h3-9,14,19,22,25H,2,10-13,15-16H2,1H3/t19-/m1/s1. The fourth-order valence-corrected chi connectivity index (χ4v) is 3.51. The number of hydrogen-bond donors (Lipinski definition) is 1. The number of halogens is 2. The molecule has 0 unspecified atom stereocenters. The van der Waals surface area contributed by atoms with Crippen molar-refractivity contribution in [3.05, 3.63) is 59.7 Å². The highest BCUT2D eigenvalue weighted by atomic mass is 19.3. The van der Waals surface area contributed by atoms with E-state index in [1.807, 2.05) is 55.5 Å². The van der Waals surface area contributed by atoms with Crippen LogP contribution in [0.25, 0.3) is 0 Å². The molecule has 3 rings (SSSR count). The number of piperazine rings is 1.